The lowest BCUT2D eigenvalue weighted by Crippen LogP contribution is -2.52. The number of carbonyl (C=O) groups excluding carboxylic acids is 2. The molecule has 5 rings (SSSR count). The Kier molecular flexibility index (Phi) is 6.38. The van der Waals surface area contributed by atoms with Crippen LogP contribution in [0.2, 0.25) is 0 Å². The first-order chi connectivity index (χ1) is 18.2. The molecule has 2 aromatic rings. The van der Waals surface area contributed by atoms with Crippen LogP contribution < -0.4 is 15.8 Å². The second kappa shape index (κ2) is 9.24. The summed E-state index contributed by atoms with van der Waals surface area (Å²) in [6, 6.07) is 5.72. The largest absolute Gasteiger partial charge is 0.487 e. The Morgan fingerprint density at radius 3 is 2.62 bits per heavy atom. The van der Waals surface area contributed by atoms with Gasteiger partial charge >= 0.3 is 6.18 Å². The van der Waals surface area contributed by atoms with Gasteiger partial charge in [-0.15, -0.1) is 0 Å². The number of alkyl halides is 3. The van der Waals surface area contributed by atoms with Crippen LogP contribution >= 0.6 is 0 Å². The second-order valence-electron chi connectivity index (χ2n) is 11.8. The molecule has 3 N–H and O–H groups in total. The van der Waals surface area contributed by atoms with Crippen LogP contribution in [0.15, 0.2) is 47.7 Å². The molecular formula is C28H32F3N5O3. The molecule has 4 atom stereocenters. The number of amides is 2. The van der Waals surface area contributed by atoms with E-state index in [0.717, 1.165) is 17.7 Å². The fourth-order valence-electron chi connectivity index (χ4n) is 5.73. The zero-order valence-corrected chi connectivity index (χ0v) is 22.2. The number of aromatic nitrogens is 1. The van der Waals surface area contributed by atoms with Gasteiger partial charge in [-0.25, -0.2) is 4.99 Å². The van der Waals surface area contributed by atoms with Gasteiger partial charge in [0.2, 0.25) is 11.8 Å². The summed E-state index contributed by atoms with van der Waals surface area (Å²) in [5.74, 6) is -0.799. The van der Waals surface area contributed by atoms with Crippen LogP contribution in [0, 0.1) is 11.8 Å². The first kappa shape index (κ1) is 27.0. The van der Waals surface area contributed by atoms with Gasteiger partial charge in [0.15, 0.2) is 5.96 Å². The summed E-state index contributed by atoms with van der Waals surface area (Å²) in [6.07, 6.45) is -0.302. The number of pyridine rings is 1. The number of fused-ring (bicyclic) bond motifs is 1. The summed E-state index contributed by atoms with van der Waals surface area (Å²) in [6.45, 7) is 7.32. The second-order valence-corrected chi connectivity index (χ2v) is 11.8. The van der Waals surface area contributed by atoms with E-state index in [1.54, 1.807) is 18.5 Å². The van der Waals surface area contributed by atoms with Crippen molar-refractivity contribution >= 4 is 17.8 Å². The first-order valence-corrected chi connectivity index (χ1v) is 12.9. The number of carbonyl (C=O) groups is 2. The van der Waals surface area contributed by atoms with Crippen LogP contribution in [0.1, 0.15) is 75.7 Å². The molecule has 1 aromatic heterocycles. The van der Waals surface area contributed by atoms with Crippen molar-refractivity contribution < 1.29 is 27.5 Å². The Morgan fingerprint density at radius 2 is 1.97 bits per heavy atom. The van der Waals surface area contributed by atoms with E-state index in [1.807, 2.05) is 33.8 Å². The van der Waals surface area contributed by atoms with Gasteiger partial charge in [0.25, 0.3) is 0 Å². The van der Waals surface area contributed by atoms with Crippen LogP contribution in [-0.2, 0) is 15.8 Å². The quantitative estimate of drug-likeness (QED) is 0.576. The summed E-state index contributed by atoms with van der Waals surface area (Å²) >= 11 is 0. The van der Waals surface area contributed by atoms with Gasteiger partial charge in [0, 0.05) is 30.3 Å². The number of nitrogens with one attached hydrogen (secondary N) is 1. The van der Waals surface area contributed by atoms with Crippen LogP contribution in [0.3, 0.4) is 0 Å². The first-order valence-electron chi connectivity index (χ1n) is 12.9. The maximum Gasteiger partial charge on any atom is 0.416 e. The number of ether oxygens (including phenoxy) is 1. The van der Waals surface area contributed by atoms with Crippen LogP contribution in [0.5, 0.6) is 5.75 Å². The molecule has 1 saturated carbocycles. The molecule has 0 radical (unpaired) electrons. The van der Waals surface area contributed by atoms with Crippen LogP contribution in [0.4, 0.5) is 13.2 Å². The number of hydrogen-bond acceptors (Lipinski definition) is 6. The zero-order chi connectivity index (χ0) is 28.3. The molecule has 2 aliphatic heterocycles. The van der Waals surface area contributed by atoms with Crippen LogP contribution in [0.25, 0.3) is 0 Å². The van der Waals surface area contributed by atoms with E-state index >= 15 is 0 Å². The van der Waals surface area contributed by atoms with Gasteiger partial charge in [0.1, 0.15) is 11.4 Å². The smallest absolute Gasteiger partial charge is 0.416 e. The monoisotopic (exact) mass is 543 g/mol. The highest BCUT2D eigenvalue weighted by atomic mass is 19.4. The summed E-state index contributed by atoms with van der Waals surface area (Å²) in [5, 5.41) is 2.98. The third-order valence-corrected chi connectivity index (χ3v) is 7.51. The summed E-state index contributed by atoms with van der Waals surface area (Å²) in [7, 11) is 0. The molecule has 39 heavy (non-hydrogen) atoms. The maximum atomic E-state index is 13.5. The zero-order valence-electron chi connectivity index (χ0n) is 22.2. The standard InChI is InChI=1S/C28H32F3N5O3/c1-26(2)13-22(37)36(25(32)35-26)23(15-6-5-9-33-14-15)17-11-18(17)24(38)34-20-12-27(3,4)39-21-8-7-16(10-19(20)21)28(29,30)31/h5-10,14,17-18,20,23H,11-13H2,1-4H3,(H2,32,35)(H,34,38)/t17-,18-,20?,23+/m0/s1. The molecule has 0 bridgehead atoms. The molecule has 1 aliphatic carbocycles. The van der Waals surface area contributed by atoms with Gasteiger partial charge in [-0.1, -0.05) is 6.07 Å². The predicted octanol–water partition coefficient (Wildman–Crippen LogP) is 4.52. The number of halogens is 3. The van der Waals surface area contributed by atoms with Crippen molar-refractivity contribution in [1.82, 2.24) is 15.2 Å². The van der Waals surface area contributed by atoms with Crippen molar-refractivity contribution in [2.24, 2.45) is 22.6 Å². The predicted molar refractivity (Wildman–Crippen MR) is 137 cm³/mol. The van der Waals surface area contributed by atoms with E-state index in [0.29, 0.717) is 24.2 Å². The van der Waals surface area contributed by atoms with Crippen molar-refractivity contribution in [2.75, 3.05) is 0 Å². The minimum atomic E-state index is -4.52. The number of guanidine groups is 1. The Bertz CT molecular complexity index is 1330. The van der Waals surface area contributed by atoms with Crippen molar-refractivity contribution in [3.63, 3.8) is 0 Å². The molecule has 1 fully saturated rings. The molecule has 0 saturated heterocycles. The molecule has 2 amide bonds. The number of aliphatic imine (C=N–C) groups is 1. The van der Waals surface area contributed by atoms with Crippen molar-refractivity contribution in [1.29, 1.82) is 0 Å². The molecule has 208 valence electrons. The van der Waals surface area contributed by atoms with Crippen LogP contribution in [-0.4, -0.2) is 38.8 Å². The fourth-order valence-corrected chi connectivity index (χ4v) is 5.73. The van der Waals surface area contributed by atoms with E-state index in [9.17, 15) is 22.8 Å². The van der Waals surface area contributed by atoms with Crippen molar-refractivity contribution in [2.45, 2.75) is 76.4 Å². The molecule has 8 nitrogen and oxygen atoms in total. The third-order valence-electron chi connectivity index (χ3n) is 7.51. The van der Waals surface area contributed by atoms with Gasteiger partial charge in [-0.2, -0.15) is 13.2 Å². The van der Waals surface area contributed by atoms with E-state index in [-0.39, 0.29) is 30.1 Å². The fraction of sp³-hybridized carbons (Fsp3) is 0.500. The molecule has 3 heterocycles. The molecule has 1 unspecified atom stereocenters. The lowest BCUT2D eigenvalue weighted by atomic mass is 9.88. The van der Waals surface area contributed by atoms with Crippen molar-refractivity contribution in [3.8, 4) is 5.75 Å². The lowest BCUT2D eigenvalue weighted by Gasteiger charge is -2.39. The maximum absolute atomic E-state index is 13.5. The minimum absolute atomic E-state index is 0.0935. The average Bonchev–Trinajstić information content (AvgIpc) is 3.60. The topological polar surface area (TPSA) is 110 Å². The molecular weight excluding hydrogens is 511 g/mol. The highest BCUT2D eigenvalue weighted by Crippen LogP contribution is 2.52. The van der Waals surface area contributed by atoms with E-state index in [1.165, 1.54) is 11.0 Å². The van der Waals surface area contributed by atoms with Gasteiger partial charge < -0.3 is 15.8 Å². The lowest BCUT2D eigenvalue weighted by molar-refractivity contribution is -0.137. The van der Waals surface area contributed by atoms with E-state index < -0.39 is 40.9 Å². The van der Waals surface area contributed by atoms with E-state index in [2.05, 4.69) is 15.3 Å². The SMILES string of the molecule is CC1(C)CC(=O)N([C@H](c2cccnc2)[C@H]2C[C@@H]2C(=O)NC2CC(C)(C)Oc3ccc(C(F)(F)F)cc32)C(N)=N1. The third kappa shape index (κ3) is 5.44. The average molecular weight is 544 g/mol. The van der Waals surface area contributed by atoms with Gasteiger partial charge in [-0.05, 0) is 69.9 Å². The normalized spacial score (nSPS) is 26.1. The summed E-state index contributed by atoms with van der Waals surface area (Å²) in [4.78, 5) is 36.9. The molecule has 0 spiro atoms. The molecule has 11 heteroatoms. The van der Waals surface area contributed by atoms with E-state index in [4.69, 9.17) is 10.5 Å². The number of nitrogens with zero attached hydrogens (tertiary/aromatic N) is 3. The number of nitrogens with two attached hydrogens (primary N) is 1. The number of benzene rings is 1. The molecule has 1 aromatic carbocycles. The highest BCUT2D eigenvalue weighted by molar-refractivity contribution is 5.99. The number of rotatable bonds is 5. The summed E-state index contributed by atoms with van der Waals surface area (Å²) in [5.41, 5.74) is 5.19. The molecule has 3 aliphatic rings. The van der Waals surface area contributed by atoms with Crippen molar-refractivity contribution in [3.05, 3.63) is 59.4 Å². The Labute approximate surface area is 224 Å². The van der Waals surface area contributed by atoms with Gasteiger partial charge in [0.05, 0.1) is 29.6 Å². The highest BCUT2D eigenvalue weighted by Gasteiger charge is 2.53. The summed E-state index contributed by atoms with van der Waals surface area (Å²) < 4.78 is 46.2. The minimum Gasteiger partial charge on any atom is -0.487 e. The Balaban J connectivity index is 1.41. The number of hydrogen-bond donors (Lipinski definition) is 2. The Hall–Kier alpha value is -3.63. The van der Waals surface area contributed by atoms with Gasteiger partial charge in [-0.3, -0.25) is 19.5 Å². The Morgan fingerprint density at radius 1 is 1.23 bits per heavy atom.